The molecule has 15 heteroatoms. The number of aliphatic hydroxyl groups is 2. The maximum Gasteiger partial charge on any atom is 0.315 e. The molecule has 6 atom stereocenters. The Morgan fingerprint density at radius 2 is 1.71 bits per heavy atom. The van der Waals surface area contributed by atoms with Crippen LogP contribution < -0.4 is 26.2 Å². The standard InChI is InChI=1S/C37H45N11O4/c1-3-30(49)43-28-16-29(33(51)32(28)50)48-21-40-31-34(39-18-22-8-10-23(11-9-22)27-7-5-4-6-24(27)17-38)44-36(45-35(31)48)47-15-13-26(20-47)42-37(52)41-25-12-14-46(2)19-25/h4-11,21,25-26,28-29,32-33,50-51H,3,12-16,18-20H2,1-2H3,(H,43,49)(H,39,44,45)(H2,41,42,52)/t25?,26-,28?,29?,32-,33+/m1/s1. The van der Waals surface area contributed by atoms with Crippen molar-refractivity contribution in [3.05, 3.63) is 66.0 Å². The lowest BCUT2D eigenvalue weighted by Crippen LogP contribution is -2.47. The van der Waals surface area contributed by atoms with Crippen molar-refractivity contribution in [3.63, 3.8) is 0 Å². The highest BCUT2D eigenvalue weighted by molar-refractivity contribution is 5.85. The van der Waals surface area contributed by atoms with Crippen molar-refractivity contribution >= 4 is 34.9 Å². The van der Waals surface area contributed by atoms with Crippen LogP contribution in [-0.2, 0) is 11.3 Å². The lowest BCUT2D eigenvalue weighted by atomic mass is 9.99. The first-order valence-corrected chi connectivity index (χ1v) is 17.9. The zero-order valence-corrected chi connectivity index (χ0v) is 29.4. The average Bonchev–Trinajstić information content (AvgIpc) is 3.95. The van der Waals surface area contributed by atoms with E-state index in [4.69, 9.17) is 9.97 Å². The molecule has 2 aliphatic heterocycles. The molecule has 3 fully saturated rings. The molecule has 3 amide bonds. The van der Waals surface area contributed by atoms with Crippen LogP contribution in [0.3, 0.4) is 0 Å². The molecule has 272 valence electrons. The molecular formula is C37H45N11O4. The molecule has 6 N–H and O–H groups in total. The minimum Gasteiger partial charge on any atom is -0.388 e. The number of carbonyl (C=O) groups is 2. The molecule has 4 aromatic rings. The highest BCUT2D eigenvalue weighted by atomic mass is 16.3. The summed E-state index contributed by atoms with van der Waals surface area (Å²) in [5.74, 6) is 0.750. The quantitative estimate of drug-likeness (QED) is 0.141. The fourth-order valence-corrected chi connectivity index (χ4v) is 7.49. The van der Waals surface area contributed by atoms with Crippen LogP contribution in [0, 0.1) is 11.3 Å². The molecule has 2 aromatic carbocycles. The Bertz CT molecular complexity index is 1960. The predicted octanol–water partition coefficient (Wildman–Crippen LogP) is 2.12. The van der Waals surface area contributed by atoms with Gasteiger partial charge in [-0.2, -0.15) is 15.2 Å². The number of likely N-dealkylation sites (N-methyl/N-ethyl adjacent to an activating group) is 1. The van der Waals surface area contributed by atoms with E-state index in [2.05, 4.69) is 37.2 Å². The Morgan fingerprint density at radius 1 is 0.962 bits per heavy atom. The summed E-state index contributed by atoms with van der Waals surface area (Å²) in [6.07, 6.45) is 1.50. The Morgan fingerprint density at radius 3 is 2.44 bits per heavy atom. The molecule has 2 saturated heterocycles. The van der Waals surface area contributed by atoms with Gasteiger partial charge in [0.1, 0.15) is 12.2 Å². The van der Waals surface area contributed by atoms with Crippen LogP contribution in [-0.4, -0.2) is 110 Å². The topological polar surface area (TPSA) is 197 Å². The molecular weight excluding hydrogens is 662 g/mol. The van der Waals surface area contributed by atoms with Gasteiger partial charge in [-0.15, -0.1) is 0 Å². The number of likely N-dealkylation sites (tertiary alicyclic amines) is 1. The molecule has 7 rings (SSSR count). The van der Waals surface area contributed by atoms with E-state index in [0.29, 0.717) is 54.5 Å². The highest BCUT2D eigenvalue weighted by Crippen LogP contribution is 2.35. The van der Waals surface area contributed by atoms with Gasteiger partial charge in [0.25, 0.3) is 0 Å². The number of nitrogens with one attached hydrogen (secondary N) is 4. The number of hydrogen-bond donors (Lipinski definition) is 6. The van der Waals surface area contributed by atoms with Gasteiger partial charge >= 0.3 is 6.03 Å². The van der Waals surface area contributed by atoms with Gasteiger partial charge < -0.3 is 45.8 Å². The van der Waals surface area contributed by atoms with E-state index in [1.165, 1.54) is 0 Å². The van der Waals surface area contributed by atoms with Crippen LogP contribution in [0.5, 0.6) is 0 Å². The number of urea groups is 1. The molecule has 1 aliphatic carbocycles. The molecule has 52 heavy (non-hydrogen) atoms. The first kappa shape index (κ1) is 35.1. The molecule has 0 bridgehead atoms. The summed E-state index contributed by atoms with van der Waals surface area (Å²) < 4.78 is 1.76. The van der Waals surface area contributed by atoms with Crippen LogP contribution in [0.25, 0.3) is 22.3 Å². The van der Waals surface area contributed by atoms with Gasteiger partial charge in [-0.3, -0.25) is 4.79 Å². The van der Waals surface area contributed by atoms with Crippen LogP contribution in [0.15, 0.2) is 54.9 Å². The zero-order chi connectivity index (χ0) is 36.4. The number of aromatic nitrogens is 4. The molecule has 4 heterocycles. The summed E-state index contributed by atoms with van der Waals surface area (Å²) in [6, 6.07) is 16.4. The average molecular weight is 708 g/mol. The number of rotatable bonds is 10. The third-order valence-electron chi connectivity index (χ3n) is 10.4. The van der Waals surface area contributed by atoms with Gasteiger partial charge in [-0.1, -0.05) is 49.4 Å². The van der Waals surface area contributed by atoms with Crippen molar-refractivity contribution in [1.29, 1.82) is 5.26 Å². The van der Waals surface area contributed by atoms with Gasteiger partial charge in [-0.25, -0.2) is 9.78 Å². The molecule has 0 spiro atoms. The first-order chi connectivity index (χ1) is 25.2. The fraction of sp³-hybridized carbons (Fsp3) is 0.459. The van der Waals surface area contributed by atoms with Crippen LogP contribution in [0.2, 0.25) is 0 Å². The van der Waals surface area contributed by atoms with Crippen LogP contribution in [0.4, 0.5) is 16.6 Å². The second-order valence-electron chi connectivity index (χ2n) is 14.0. The summed E-state index contributed by atoms with van der Waals surface area (Å²) >= 11 is 0. The summed E-state index contributed by atoms with van der Waals surface area (Å²) in [6.45, 7) is 5.09. The summed E-state index contributed by atoms with van der Waals surface area (Å²) in [4.78, 5) is 43.7. The Labute approximate surface area is 302 Å². The minimum atomic E-state index is -1.16. The second kappa shape index (κ2) is 15.1. The number of aliphatic hydroxyl groups excluding tert-OH is 2. The van der Waals surface area contributed by atoms with E-state index in [1.807, 2.05) is 54.4 Å². The minimum absolute atomic E-state index is 0.0980. The molecule has 0 radical (unpaired) electrons. The predicted molar refractivity (Wildman–Crippen MR) is 195 cm³/mol. The van der Waals surface area contributed by atoms with Crippen molar-refractivity contribution in [2.75, 3.05) is 43.4 Å². The van der Waals surface area contributed by atoms with Crippen molar-refractivity contribution in [2.24, 2.45) is 0 Å². The number of benzene rings is 2. The van der Waals surface area contributed by atoms with Crippen molar-refractivity contribution in [3.8, 4) is 17.2 Å². The Balaban J connectivity index is 1.13. The molecule has 3 unspecified atom stereocenters. The maximum absolute atomic E-state index is 12.8. The normalized spacial score (nSPS) is 24.6. The number of anilines is 2. The molecule has 3 aliphatic rings. The SMILES string of the molecule is CCC(=O)NC1CC(n2cnc3c(NCc4ccc(-c5ccccc5C#N)cc4)nc(N4CC[C@@H](NC(=O)NC5CCN(C)C5)C4)nc32)[C@H](O)[C@@H]1O. The smallest absolute Gasteiger partial charge is 0.315 e. The van der Waals surface area contributed by atoms with Crippen molar-refractivity contribution in [2.45, 2.75) is 75.5 Å². The fourth-order valence-electron chi connectivity index (χ4n) is 7.49. The van der Waals surface area contributed by atoms with Crippen LogP contribution >= 0.6 is 0 Å². The van der Waals surface area contributed by atoms with Crippen molar-refractivity contribution < 1.29 is 19.8 Å². The lowest BCUT2D eigenvalue weighted by molar-refractivity contribution is -0.122. The Kier molecular flexibility index (Phi) is 10.2. The lowest BCUT2D eigenvalue weighted by Gasteiger charge is -2.21. The van der Waals surface area contributed by atoms with E-state index in [-0.39, 0.29) is 30.4 Å². The number of amides is 3. The monoisotopic (exact) mass is 707 g/mol. The number of imidazole rings is 1. The second-order valence-corrected chi connectivity index (χ2v) is 14.0. The molecule has 1 saturated carbocycles. The van der Waals surface area contributed by atoms with E-state index < -0.39 is 24.3 Å². The first-order valence-electron chi connectivity index (χ1n) is 17.9. The van der Waals surface area contributed by atoms with Gasteiger partial charge in [0.15, 0.2) is 17.0 Å². The summed E-state index contributed by atoms with van der Waals surface area (Å²) in [5.41, 5.74) is 4.39. The zero-order valence-electron chi connectivity index (χ0n) is 29.4. The van der Waals surface area contributed by atoms with E-state index in [9.17, 15) is 25.1 Å². The third kappa shape index (κ3) is 7.36. The number of fused-ring (bicyclic) bond motifs is 1. The van der Waals surface area contributed by atoms with Gasteiger partial charge in [0, 0.05) is 44.7 Å². The number of nitrogens with zero attached hydrogens (tertiary/aromatic N) is 7. The van der Waals surface area contributed by atoms with Crippen molar-refractivity contribution in [1.82, 2.24) is 40.4 Å². The van der Waals surface area contributed by atoms with Gasteiger partial charge in [-0.05, 0) is 55.6 Å². The summed E-state index contributed by atoms with van der Waals surface area (Å²) in [5, 5.41) is 44.0. The van der Waals surface area contributed by atoms with E-state index >= 15 is 0 Å². The largest absolute Gasteiger partial charge is 0.388 e. The van der Waals surface area contributed by atoms with Crippen LogP contribution in [0.1, 0.15) is 49.8 Å². The number of carbonyl (C=O) groups excluding carboxylic acids is 2. The van der Waals surface area contributed by atoms with E-state index in [1.54, 1.807) is 23.9 Å². The summed E-state index contributed by atoms with van der Waals surface area (Å²) in [7, 11) is 2.05. The Hall–Kier alpha value is -5.30. The van der Waals surface area contributed by atoms with Gasteiger partial charge in [0.05, 0.1) is 30.0 Å². The third-order valence-corrected chi connectivity index (χ3v) is 10.4. The molecule has 2 aromatic heterocycles. The van der Waals surface area contributed by atoms with Gasteiger partial charge in [0.2, 0.25) is 11.9 Å². The van der Waals surface area contributed by atoms with E-state index in [0.717, 1.165) is 42.6 Å². The number of hydrogen-bond acceptors (Lipinski definition) is 11. The number of nitriles is 1. The maximum atomic E-state index is 12.8. The molecule has 15 nitrogen and oxygen atoms in total. The highest BCUT2D eigenvalue weighted by Gasteiger charge is 2.44.